The first-order valence-electron chi connectivity index (χ1n) is 9.42. The molecule has 1 N–H and O–H groups in total. The minimum atomic E-state index is -0.894. The second kappa shape index (κ2) is 8.17. The second-order valence-corrected chi connectivity index (χ2v) is 7.55. The molecule has 1 spiro atoms. The smallest absolute Gasteiger partial charge is 0.326 e. The van der Waals surface area contributed by atoms with E-state index in [4.69, 9.17) is 9.47 Å². The van der Waals surface area contributed by atoms with Gasteiger partial charge in [0, 0.05) is 20.0 Å². The maximum atomic E-state index is 11.8. The summed E-state index contributed by atoms with van der Waals surface area (Å²) in [6.07, 6.45) is 2.39. The van der Waals surface area contributed by atoms with Crippen molar-refractivity contribution in [3.63, 3.8) is 0 Å². The molecule has 0 bridgehead atoms. The minimum Gasteiger partial charge on any atom is -0.493 e. The Morgan fingerprint density at radius 1 is 1.22 bits per heavy atom. The largest absolute Gasteiger partial charge is 0.493 e. The SMILES string of the molecule is COc1ccccc1OCCN1CCC2(CC1)C[C@H](C(=O)O)N(C(C)=O)C2. The van der Waals surface area contributed by atoms with E-state index in [0.29, 0.717) is 19.6 Å². The van der Waals surface area contributed by atoms with E-state index in [1.54, 1.807) is 7.11 Å². The van der Waals surface area contributed by atoms with Gasteiger partial charge in [-0.1, -0.05) is 12.1 Å². The summed E-state index contributed by atoms with van der Waals surface area (Å²) >= 11 is 0. The van der Waals surface area contributed by atoms with Crippen LogP contribution in [0.1, 0.15) is 26.2 Å². The molecule has 3 rings (SSSR count). The first-order valence-corrected chi connectivity index (χ1v) is 9.42. The third kappa shape index (κ3) is 4.35. The van der Waals surface area contributed by atoms with Crippen molar-refractivity contribution in [3.8, 4) is 11.5 Å². The van der Waals surface area contributed by atoms with Gasteiger partial charge in [0.2, 0.25) is 5.91 Å². The first kappa shape index (κ1) is 19.5. The van der Waals surface area contributed by atoms with Crippen molar-refractivity contribution in [2.24, 2.45) is 5.41 Å². The quantitative estimate of drug-likeness (QED) is 0.816. The van der Waals surface area contributed by atoms with Crippen LogP contribution in [-0.4, -0.2) is 72.7 Å². The number of carboxylic acids is 1. The predicted molar refractivity (Wildman–Crippen MR) is 100 cm³/mol. The van der Waals surface area contributed by atoms with Crippen LogP contribution in [0.2, 0.25) is 0 Å². The second-order valence-electron chi connectivity index (χ2n) is 7.55. The molecule has 1 atom stereocenters. The molecule has 1 aromatic carbocycles. The zero-order chi connectivity index (χ0) is 19.4. The molecule has 0 aliphatic carbocycles. The van der Waals surface area contributed by atoms with Crippen LogP contribution >= 0.6 is 0 Å². The molecule has 2 heterocycles. The van der Waals surface area contributed by atoms with Gasteiger partial charge in [0.25, 0.3) is 0 Å². The highest BCUT2D eigenvalue weighted by molar-refractivity contribution is 5.83. The molecule has 0 aromatic heterocycles. The fraction of sp³-hybridized carbons (Fsp3) is 0.600. The predicted octanol–water partition coefficient (Wildman–Crippen LogP) is 1.86. The third-order valence-electron chi connectivity index (χ3n) is 5.85. The van der Waals surface area contributed by atoms with Crippen molar-refractivity contribution in [1.29, 1.82) is 0 Å². The van der Waals surface area contributed by atoms with Crippen molar-refractivity contribution >= 4 is 11.9 Å². The Bertz CT molecular complexity index is 661. The Morgan fingerprint density at radius 2 is 1.89 bits per heavy atom. The molecule has 7 heteroatoms. The number of benzene rings is 1. The first-order chi connectivity index (χ1) is 12.9. The van der Waals surface area contributed by atoms with Gasteiger partial charge >= 0.3 is 5.97 Å². The van der Waals surface area contributed by atoms with E-state index in [-0.39, 0.29) is 11.3 Å². The number of ether oxygens (including phenoxy) is 2. The van der Waals surface area contributed by atoms with Crippen molar-refractivity contribution in [2.45, 2.75) is 32.2 Å². The van der Waals surface area contributed by atoms with Gasteiger partial charge < -0.3 is 19.5 Å². The molecule has 1 amide bonds. The molecule has 2 aliphatic heterocycles. The summed E-state index contributed by atoms with van der Waals surface area (Å²) in [5.41, 5.74) is -0.0608. The molecular formula is C20H28N2O5. The highest BCUT2D eigenvalue weighted by atomic mass is 16.5. The lowest BCUT2D eigenvalue weighted by Crippen LogP contribution is -2.43. The molecule has 27 heavy (non-hydrogen) atoms. The van der Waals surface area contributed by atoms with Gasteiger partial charge in [-0.05, 0) is 49.9 Å². The van der Waals surface area contributed by atoms with E-state index < -0.39 is 12.0 Å². The number of rotatable bonds is 6. The number of carboxylic acid groups (broad SMARTS) is 1. The Morgan fingerprint density at radius 3 is 2.44 bits per heavy atom. The lowest BCUT2D eigenvalue weighted by molar-refractivity contribution is -0.147. The average Bonchev–Trinajstić information content (AvgIpc) is 3.04. The fourth-order valence-electron chi connectivity index (χ4n) is 4.24. The molecule has 0 unspecified atom stereocenters. The zero-order valence-electron chi connectivity index (χ0n) is 16.0. The van der Waals surface area contributed by atoms with Gasteiger partial charge in [-0.3, -0.25) is 9.69 Å². The number of likely N-dealkylation sites (tertiary alicyclic amines) is 2. The molecule has 0 radical (unpaired) electrons. The van der Waals surface area contributed by atoms with Gasteiger partial charge in [-0.2, -0.15) is 0 Å². The van der Waals surface area contributed by atoms with Crippen molar-refractivity contribution < 1.29 is 24.2 Å². The fourth-order valence-corrected chi connectivity index (χ4v) is 4.24. The molecule has 0 saturated carbocycles. The van der Waals surface area contributed by atoms with Gasteiger partial charge in [0.1, 0.15) is 12.6 Å². The number of methoxy groups -OCH3 is 1. The van der Waals surface area contributed by atoms with Gasteiger partial charge in [-0.25, -0.2) is 4.79 Å². The number of hydrogen-bond donors (Lipinski definition) is 1. The standard InChI is InChI=1S/C20H28N2O5/c1-15(23)22-14-20(13-16(22)19(24)25)7-9-21(10-8-20)11-12-27-18-6-4-3-5-17(18)26-2/h3-6,16H,7-14H2,1-2H3,(H,24,25)/t16-/m1/s1. The van der Waals surface area contributed by atoms with Crippen LogP contribution in [0.3, 0.4) is 0 Å². The summed E-state index contributed by atoms with van der Waals surface area (Å²) in [5, 5.41) is 9.43. The van der Waals surface area contributed by atoms with Crippen LogP contribution < -0.4 is 9.47 Å². The van der Waals surface area contributed by atoms with Crippen LogP contribution in [0.25, 0.3) is 0 Å². The molecular weight excluding hydrogens is 348 g/mol. The van der Waals surface area contributed by atoms with Crippen LogP contribution in [0.15, 0.2) is 24.3 Å². The summed E-state index contributed by atoms with van der Waals surface area (Å²) in [6.45, 7) is 5.20. The number of piperidine rings is 1. The number of aliphatic carboxylic acids is 1. The summed E-state index contributed by atoms with van der Waals surface area (Å²) < 4.78 is 11.1. The maximum Gasteiger partial charge on any atom is 0.326 e. The van der Waals surface area contributed by atoms with Gasteiger partial charge in [0.15, 0.2) is 11.5 Å². The third-order valence-corrected chi connectivity index (χ3v) is 5.85. The number of para-hydroxylation sites is 2. The van der Waals surface area contributed by atoms with Gasteiger partial charge in [0.05, 0.1) is 7.11 Å². The van der Waals surface area contributed by atoms with E-state index in [9.17, 15) is 14.7 Å². The number of nitrogens with zero attached hydrogens (tertiary/aromatic N) is 2. The Kier molecular flexibility index (Phi) is 5.89. The van der Waals surface area contributed by atoms with Crippen molar-refractivity contribution in [2.75, 3.05) is 39.9 Å². The average molecular weight is 376 g/mol. The minimum absolute atomic E-state index is 0.0608. The Balaban J connectivity index is 1.49. The van der Waals surface area contributed by atoms with Crippen LogP contribution in [-0.2, 0) is 9.59 Å². The molecule has 2 aliphatic rings. The molecule has 148 valence electrons. The summed E-state index contributed by atoms with van der Waals surface area (Å²) in [5.74, 6) is 0.428. The lowest BCUT2D eigenvalue weighted by atomic mass is 9.76. The monoisotopic (exact) mass is 376 g/mol. The van der Waals surface area contributed by atoms with Crippen molar-refractivity contribution in [3.05, 3.63) is 24.3 Å². The normalized spacial score (nSPS) is 22.0. The number of carbonyl (C=O) groups excluding carboxylic acids is 1. The Labute approximate surface area is 159 Å². The van der Waals surface area contributed by atoms with Crippen LogP contribution in [0.4, 0.5) is 0 Å². The van der Waals surface area contributed by atoms with E-state index in [1.165, 1.54) is 11.8 Å². The van der Waals surface area contributed by atoms with E-state index in [0.717, 1.165) is 44.0 Å². The molecule has 2 saturated heterocycles. The topological polar surface area (TPSA) is 79.3 Å². The molecule has 2 fully saturated rings. The molecule has 1 aromatic rings. The van der Waals surface area contributed by atoms with E-state index in [1.807, 2.05) is 24.3 Å². The highest BCUT2D eigenvalue weighted by Gasteiger charge is 2.48. The van der Waals surface area contributed by atoms with Crippen LogP contribution in [0.5, 0.6) is 11.5 Å². The van der Waals surface area contributed by atoms with E-state index >= 15 is 0 Å². The number of carbonyl (C=O) groups is 2. The number of amides is 1. The van der Waals surface area contributed by atoms with Gasteiger partial charge in [-0.15, -0.1) is 0 Å². The lowest BCUT2D eigenvalue weighted by Gasteiger charge is -2.39. The summed E-state index contributed by atoms with van der Waals surface area (Å²) in [4.78, 5) is 27.2. The zero-order valence-corrected chi connectivity index (χ0v) is 16.0. The molecule has 7 nitrogen and oxygen atoms in total. The highest BCUT2D eigenvalue weighted by Crippen LogP contribution is 2.43. The summed E-state index contributed by atoms with van der Waals surface area (Å²) in [6, 6.07) is 6.92. The Hall–Kier alpha value is -2.28. The summed E-state index contributed by atoms with van der Waals surface area (Å²) in [7, 11) is 1.63. The number of hydrogen-bond acceptors (Lipinski definition) is 5. The van der Waals surface area contributed by atoms with E-state index in [2.05, 4.69) is 4.90 Å². The van der Waals surface area contributed by atoms with Crippen molar-refractivity contribution in [1.82, 2.24) is 9.80 Å². The maximum absolute atomic E-state index is 11.8. The van der Waals surface area contributed by atoms with Crippen LogP contribution in [0, 0.1) is 5.41 Å².